The molecule has 0 radical (unpaired) electrons. The van der Waals surface area contributed by atoms with Crippen LogP contribution in [0.5, 0.6) is 11.5 Å². The second-order valence-corrected chi connectivity index (χ2v) is 4.27. The summed E-state index contributed by atoms with van der Waals surface area (Å²) in [5.41, 5.74) is 6.15. The average Bonchev–Trinajstić information content (AvgIpc) is 2.41. The number of nitrogens with two attached hydrogens (primary N) is 1. The van der Waals surface area contributed by atoms with E-state index < -0.39 is 5.91 Å². The fraction of sp³-hybridized carbons (Fsp3) is 0.500. The van der Waals surface area contributed by atoms with Crippen LogP contribution in [-0.2, 0) is 11.3 Å². The van der Waals surface area contributed by atoms with Gasteiger partial charge in [0, 0.05) is 6.54 Å². The van der Waals surface area contributed by atoms with E-state index in [1.54, 1.807) is 13.2 Å². The molecule has 0 saturated heterocycles. The molecule has 0 aliphatic heterocycles. The fourth-order valence-corrected chi connectivity index (χ4v) is 1.62. The van der Waals surface area contributed by atoms with E-state index in [0.29, 0.717) is 11.5 Å². The van der Waals surface area contributed by atoms with Gasteiger partial charge in [0.2, 0.25) is 0 Å². The summed E-state index contributed by atoms with van der Waals surface area (Å²) in [4.78, 5) is 10.7. The lowest BCUT2D eigenvalue weighted by Crippen LogP contribution is -2.20. The number of ether oxygens (including phenoxy) is 2. The summed E-state index contributed by atoms with van der Waals surface area (Å²) in [5.74, 6) is 0.627. The summed E-state index contributed by atoms with van der Waals surface area (Å²) < 4.78 is 10.5. The Kier molecular flexibility index (Phi) is 9.59. The molecule has 1 amide bonds. The molecular weight excluding hydrogens is 280 g/mol. The summed E-state index contributed by atoms with van der Waals surface area (Å²) in [5, 5.41) is 3.35. The van der Waals surface area contributed by atoms with Crippen LogP contribution in [0.25, 0.3) is 0 Å². The molecular formula is C14H23ClN2O3. The van der Waals surface area contributed by atoms with Gasteiger partial charge in [0.1, 0.15) is 0 Å². The van der Waals surface area contributed by atoms with E-state index in [1.807, 2.05) is 12.1 Å². The lowest BCUT2D eigenvalue weighted by Gasteiger charge is -2.11. The largest absolute Gasteiger partial charge is 0.493 e. The van der Waals surface area contributed by atoms with Crippen LogP contribution in [0.3, 0.4) is 0 Å². The van der Waals surface area contributed by atoms with Gasteiger partial charge in [-0.15, -0.1) is 12.4 Å². The van der Waals surface area contributed by atoms with Gasteiger partial charge in [0.25, 0.3) is 5.91 Å². The Morgan fingerprint density at radius 1 is 1.35 bits per heavy atom. The number of hydrogen-bond donors (Lipinski definition) is 2. The predicted octanol–water partition coefficient (Wildman–Crippen LogP) is 1.87. The number of carbonyl (C=O) groups is 1. The molecule has 1 aromatic rings. The number of unbranched alkanes of at least 4 members (excludes halogenated alkanes) is 1. The number of rotatable bonds is 9. The zero-order valence-electron chi connectivity index (χ0n) is 12.0. The van der Waals surface area contributed by atoms with Crippen molar-refractivity contribution in [3.8, 4) is 11.5 Å². The highest BCUT2D eigenvalue weighted by Gasteiger charge is 2.07. The maximum Gasteiger partial charge on any atom is 0.255 e. The first-order valence-corrected chi connectivity index (χ1v) is 6.46. The van der Waals surface area contributed by atoms with Gasteiger partial charge < -0.3 is 20.5 Å². The number of amides is 1. The van der Waals surface area contributed by atoms with E-state index in [9.17, 15) is 4.79 Å². The van der Waals surface area contributed by atoms with Crippen LogP contribution in [0.1, 0.15) is 25.3 Å². The first-order chi connectivity index (χ1) is 9.17. The van der Waals surface area contributed by atoms with E-state index in [0.717, 1.165) is 25.1 Å². The van der Waals surface area contributed by atoms with Crippen molar-refractivity contribution in [1.82, 2.24) is 5.32 Å². The molecule has 0 bridgehead atoms. The van der Waals surface area contributed by atoms with Crippen molar-refractivity contribution in [1.29, 1.82) is 0 Å². The molecule has 20 heavy (non-hydrogen) atoms. The van der Waals surface area contributed by atoms with Crippen molar-refractivity contribution in [2.24, 2.45) is 5.73 Å². The molecule has 0 heterocycles. The highest BCUT2D eigenvalue weighted by Crippen LogP contribution is 2.27. The zero-order valence-corrected chi connectivity index (χ0v) is 12.8. The van der Waals surface area contributed by atoms with Crippen molar-refractivity contribution >= 4 is 18.3 Å². The number of halogens is 1. The average molecular weight is 303 g/mol. The number of carbonyl (C=O) groups excluding carboxylic acids is 1. The van der Waals surface area contributed by atoms with E-state index in [1.165, 1.54) is 6.42 Å². The molecule has 5 nitrogen and oxygen atoms in total. The molecule has 0 atom stereocenters. The van der Waals surface area contributed by atoms with Crippen LogP contribution in [0.15, 0.2) is 18.2 Å². The molecule has 0 aliphatic carbocycles. The Labute approximate surface area is 126 Å². The smallest absolute Gasteiger partial charge is 0.255 e. The molecule has 1 rings (SSSR count). The second-order valence-electron chi connectivity index (χ2n) is 4.27. The third kappa shape index (κ3) is 6.63. The van der Waals surface area contributed by atoms with E-state index in [-0.39, 0.29) is 19.0 Å². The number of methoxy groups -OCH3 is 1. The van der Waals surface area contributed by atoms with Crippen LogP contribution < -0.4 is 20.5 Å². The molecule has 0 saturated carbocycles. The molecule has 1 aromatic carbocycles. The molecule has 114 valence electrons. The second kappa shape index (κ2) is 10.3. The van der Waals surface area contributed by atoms with Crippen molar-refractivity contribution in [3.05, 3.63) is 23.8 Å². The topological polar surface area (TPSA) is 73.6 Å². The first kappa shape index (κ1) is 18.5. The Bertz CT molecular complexity index is 413. The number of benzene rings is 1. The maximum absolute atomic E-state index is 10.7. The van der Waals surface area contributed by atoms with Crippen LogP contribution in [-0.4, -0.2) is 26.2 Å². The van der Waals surface area contributed by atoms with E-state index in [4.69, 9.17) is 15.2 Å². The highest BCUT2D eigenvalue weighted by atomic mass is 35.5. The summed E-state index contributed by atoms with van der Waals surface area (Å²) >= 11 is 0. The lowest BCUT2D eigenvalue weighted by atomic mass is 10.2. The van der Waals surface area contributed by atoms with Gasteiger partial charge >= 0.3 is 0 Å². The molecule has 0 unspecified atom stereocenters. The van der Waals surface area contributed by atoms with Gasteiger partial charge in [-0.05, 0) is 30.7 Å². The Morgan fingerprint density at radius 3 is 2.70 bits per heavy atom. The minimum atomic E-state index is -0.507. The number of nitrogens with one attached hydrogen (secondary N) is 1. The zero-order chi connectivity index (χ0) is 14.1. The number of hydrogen-bond acceptors (Lipinski definition) is 4. The summed E-state index contributed by atoms with van der Waals surface area (Å²) in [6, 6.07) is 5.63. The van der Waals surface area contributed by atoms with Crippen molar-refractivity contribution in [2.45, 2.75) is 26.3 Å². The molecule has 6 heteroatoms. The first-order valence-electron chi connectivity index (χ1n) is 6.46. The number of primary amides is 1. The van der Waals surface area contributed by atoms with Gasteiger partial charge in [0.15, 0.2) is 18.1 Å². The lowest BCUT2D eigenvalue weighted by molar-refractivity contribution is -0.119. The van der Waals surface area contributed by atoms with E-state index >= 15 is 0 Å². The summed E-state index contributed by atoms with van der Waals surface area (Å²) in [6.07, 6.45) is 2.34. The quantitative estimate of drug-likeness (QED) is 0.683. The third-order valence-corrected chi connectivity index (χ3v) is 2.63. The monoisotopic (exact) mass is 302 g/mol. The van der Waals surface area contributed by atoms with Gasteiger partial charge in [-0.25, -0.2) is 0 Å². The van der Waals surface area contributed by atoms with Crippen LogP contribution in [0.4, 0.5) is 0 Å². The van der Waals surface area contributed by atoms with Crippen LogP contribution in [0, 0.1) is 0 Å². The standard InChI is InChI=1S/C14H22N2O3.ClH/c1-3-4-7-16-9-11-5-6-12(13(8-11)18-2)19-10-14(15)17;/h5-6,8,16H,3-4,7,9-10H2,1-2H3,(H2,15,17);1H. The SMILES string of the molecule is CCCCNCc1ccc(OCC(N)=O)c(OC)c1.Cl. The molecule has 0 aliphatic rings. The predicted molar refractivity (Wildman–Crippen MR) is 81.5 cm³/mol. The Balaban J connectivity index is 0.00000361. The Hall–Kier alpha value is -1.46. The summed E-state index contributed by atoms with van der Waals surface area (Å²) in [6.45, 7) is 3.80. The van der Waals surface area contributed by atoms with E-state index in [2.05, 4.69) is 12.2 Å². The normalized spacial score (nSPS) is 9.70. The molecule has 0 spiro atoms. The fourth-order valence-electron chi connectivity index (χ4n) is 1.62. The van der Waals surface area contributed by atoms with Gasteiger partial charge in [-0.2, -0.15) is 0 Å². The minimum absolute atomic E-state index is 0. The third-order valence-electron chi connectivity index (χ3n) is 2.63. The maximum atomic E-state index is 10.7. The van der Waals surface area contributed by atoms with Crippen molar-refractivity contribution in [2.75, 3.05) is 20.3 Å². The van der Waals surface area contributed by atoms with Crippen LogP contribution >= 0.6 is 12.4 Å². The molecule has 0 fully saturated rings. The highest BCUT2D eigenvalue weighted by molar-refractivity contribution is 5.85. The Morgan fingerprint density at radius 2 is 2.10 bits per heavy atom. The summed E-state index contributed by atoms with van der Waals surface area (Å²) in [7, 11) is 1.57. The van der Waals surface area contributed by atoms with Crippen molar-refractivity contribution in [3.63, 3.8) is 0 Å². The van der Waals surface area contributed by atoms with Gasteiger partial charge in [0.05, 0.1) is 7.11 Å². The van der Waals surface area contributed by atoms with Gasteiger partial charge in [-0.1, -0.05) is 19.4 Å². The minimum Gasteiger partial charge on any atom is -0.493 e. The molecule has 0 aromatic heterocycles. The molecule has 3 N–H and O–H groups in total. The van der Waals surface area contributed by atoms with Crippen molar-refractivity contribution < 1.29 is 14.3 Å². The van der Waals surface area contributed by atoms with Gasteiger partial charge in [-0.3, -0.25) is 4.79 Å². The van der Waals surface area contributed by atoms with Crippen LogP contribution in [0.2, 0.25) is 0 Å².